The molecule has 1 aliphatic carbocycles. The van der Waals surface area contributed by atoms with Gasteiger partial charge in [0.25, 0.3) is 5.88 Å². The molecule has 0 aromatic carbocycles. The van der Waals surface area contributed by atoms with E-state index in [1.807, 2.05) is 11.8 Å². The summed E-state index contributed by atoms with van der Waals surface area (Å²) in [5.74, 6) is 1.45. The van der Waals surface area contributed by atoms with Crippen LogP contribution in [0.2, 0.25) is 5.02 Å². The lowest BCUT2D eigenvalue weighted by molar-refractivity contribution is 0.105. The first-order valence-corrected chi connectivity index (χ1v) is 10.1. The molecule has 8 nitrogen and oxygen atoms in total. The molecule has 0 N–H and O–H groups in total. The van der Waals surface area contributed by atoms with E-state index < -0.39 is 0 Å². The monoisotopic (exact) mass is 405 g/mol. The molecule has 2 aliphatic rings. The summed E-state index contributed by atoms with van der Waals surface area (Å²) in [6, 6.07) is 1.65. The van der Waals surface area contributed by atoms with Crippen LogP contribution in [0.4, 0.5) is 10.7 Å². The Bertz CT molecular complexity index is 819. The summed E-state index contributed by atoms with van der Waals surface area (Å²) in [7, 11) is 0. The minimum atomic E-state index is -0.241. The first kappa shape index (κ1) is 19.0. The first-order chi connectivity index (χ1) is 13.6. The van der Waals surface area contributed by atoms with Crippen molar-refractivity contribution in [1.29, 1.82) is 0 Å². The van der Waals surface area contributed by atoms with Crippen LogP contribution < -0.4 is 9.64 Å². The van der Waals surface area contributed by atoms with Gasteiger partial charge in [0, 0.05) is 6.07 Å². The van der Waals surface area contributed by atoms with Crippen LogP contribution in [0.1, 0.15) is 51.2 Å². The molecule has 1 saturated carbocycles. The van der Waals surface area contributed by atoms with Crippen LogP contribution in [0.3, 0.4) is 0 Å². The molecule has 28 heavy (non-hydrogen) atoms. The average molecular weight is 406 g/mol. The predicted octanol–water partition coefficient (Wildman–Crippen LogP) is 4.05. The fourth-order valence-corrected chi connectivity index (χ4v) is 4.17. The van der Waals surface area contributed by atoms with E-state index in [-0.39, 0.29) is 11.6 Å². The fraction of sp³-hybridized carbons (Fsp3) is 0.579. The molecule has 2 fully saturated rings. The Balaban J connectivity index is 1.58. The van der Waals surface area contributed by atoms with Crippen LogP contribution >= 0.6 is 11.6 Å². The summed E-state index contributed by atoms with van der Waals surface area (Å²) < 4.78 is 10.9. The van der Waals surface area contributed by atoms with Gasteiger partial charge in [0.1, 0.15) is 0 Å². The number of rotatable bonds is 6. The number of anilines is 1. The smallest absolute Gasteiger partial charge is 0.327 e. The van der Waals surface area contributed by atoms with E-state index >= 15 is 0 Å². The molecule has 3 heterocycles. The van der Waals surface area contributed by atoms with Gasteiger partial charge < -0.3 is 14.2 Å². The maximum Gasteiger partial charge on any atom is 0.327 e. The van der Waals surface area contributed by atoms with Crippen molar-refractivity contribution in [2.24, 2.45) is 0 Å². The number of urea groups is 1. The number of hydrogen-bond acceptors (Lipinski definition) is 6. The van der Waals surface area contributed by atoms with Crippen molar-refractivity contribution in [3.8, 4) is 5.88 Å². The molecule has 0 bridgehead atoms. The quantitative estimate of drug-likeness (QED) is 0.720. The molecule has 0 unspecified atom stereocenters. The van der Waals surface area contributed by atoms with Crippen molar-refractivity contribution >= 4 is 23.6 Å². The number of nitrogens with zero attached hydrogens (tertiary/aromatic N) is 5. The second kappa shape index (κ2) is 7.95. The molecule has 150 valence electrons. The second-order valence-electron chi connectivity index (χ2n) is 7.42. The van der Waals surface area contributed by atoms with Gasteiger partial charge in [0.2, 0.25) is 5.95 Å². The van der Waals surface area contributed by atoms with Crippen LogP contribution in [-0.4, -0.2) is 44.7 Å². The number of amides is 2. The molecule has 4 rings (SSSR count). The summed E-state index contributed by atoms with van der Waals surface area (Å²) in [6.45, 7) is 3.54. The van der Waals surface area contributed by atoms with Crippen LogP contribution in [0.25, 0.3) is 0 Å². The van der Waals surface area contributed by atoms with Crippen molar-refractivity contribution in [3.05, 3.63) is 29.2 Å². The molecule has 9 heteroatoms. The Morgan fingerprint density at radius 1 is 1.25 bits per heavy atom. The molecular weight excluding hydrogens is 382 g/mol. The molecule has 0 radical (unpaired) electrons. The highest BCUT2D eigenvalue weighted by Crippen LogP contribution is 2.41. The van der Waals surface area contributed by atoms with Crippen molar-refractivity contribution in [3.63, 3.8) is 0 Å². The number of halogens is 1. The lowest BCUT2D eigenvalue weighted by Gasteiger charge is -2.39. The first-order valence-electron chi connectivity index (χ1n) is 9.76. The van der Waals surface area contributed by atoms with E-state index in [0.29, 0.717) is 42.3 Å². The van der Waals surface area contributed by atoms with Gasteiger partial charge in [-0.05, 0) is 24.4 Å². The maximum absolute atomic E-state index is 13.3. The SMILES string of the molecule is CCCOc1cc(CN2C(=O)N(c3ncc(Cl)cn3)CC23CCCCC3)on1. The predicted molar refractivity (Wildman–Crippen MR) is 103 cm³/mol. The highest BCUT2D eigenvalue weighted by molar-refractivity contribution is 6.30. The normalized spacial score (nSPS) is 18.9. The van der Waals surface area contributed by atoms with E-state index in [2.05, 4.69) is 15.1 Å². The van der Waals surface area contributed by atoms with Crippen molar-refractivity contribution < 1.29 is 14.1 Å². The molecule has 1 spiro atoms. The molecule has 1 saturated heterocycles. The van der Waals surface area contributed by atoms with Crippen LogP contribution in [0.15, 0.2) is 23.0 Å². The third-order valence-electron chi connectivity index (χ3n) is 5.42. The maximum atomic E-state index is 13.3. The molecule has 2 aromatic heterocycles. The van der Waals surface area contributed by atoms with Gasteiger partial charge in [-0.15, -0.1) is 0 Å². The zero-order chi connectivity index (χ0) is 19.6. The number of aromatic nitrogens is 3. The lowest BCUT2D eigenvalue weighted by atomic mass is 9.81. The largest absolute Gasteiger partial charge is 0.476 e. The van der Waals surface area contributed by atoms with Crippen LogP contribution in [-0.2, 0) is 6.54 Å². The van der Waals surface area contributed by atoms with E-state index in [1.165, 1.54) is 18.8 Å². The van der Waals surface area contributed by atoms with E-state index in [1.54, 1.807) is 11.0 Å². The fourth-order valence-electron chi connectivity index (χ4n) is 4.07. The Morgan fingerprint density at radius 3 is 2.71 bits per heavy atom. The Morgan fingerprint density at radius 2 is 2.00 bits per heavy atom. The van der Waals surface area contributed by atoms with Gasteiger partial charge in [-0.2, -0.15) is 0 Å². The molecule has 0 atom stereocenters. The van der Waals surface area contributed by atoms with E-state index in [4.69, 9.17) is 20.9 Å². The van der Waals surface area contributed by atoms with Gasteiger partial charge in [0.15, 0.2) is 5.76 Å². The highest BCUT2D eigenvalue weighted by Gasteiger charge is 2.51. The third-order valence-corrected chi connectivity index (χ3v) is 5.62. The topological polar surface area (TPSA) is 84.6 Å². The highest BCUT2D eigenvalue weighted by atomic mass is 35.5. The summed E-state index contributed by atoms with van der Waals surface area (Å²) in [5, 5.41) is 4.40. The number of ether oxygens (including phenoxy) is 1. The van der Waals surface area contributed by atoms with Gasteiger partial charge in [0.05, 0.1) is 42.7 Å². The lowest BCUT2D eigenvalue weighted by Crippen LogP contribution is -2.47. The zero-order valence-corrected chi connectivity index (χ0v) is 16.7. The molecule has 1 aliphatic heterocycles. The average Bonchev–Trinajstić information content (AvgIpc) is 3.26. The zero-order valence-electron chi connectivity index (χ0n) is 15.9. The van der Waals surface area contributed by atoms with Gasteiger partial charge in [-0.1, -0.05) is 37.8 Å². The van der Waals surface area contributed by atoms with Gasteiger partial charge in [-0.25, -0.2) is 14.8 Å². The summed E-state index contributed by atoms with van der Waals surface area (Å²) >= 11 is 5.90. The number of carbonyl (C=O) groups is 1. The number of hydrogen-bond donors (Lipinski definition) is 0. The molecule has 2 aromatic rings. The number of carbonyl (C=O) groups excluding carboxylic acids is 1. The summed E-state index contributed by atoms with van der Waals surface area (Å²) in [4.78, 5) is 25.3. The summed E-state index contributed by atoms with van der Waals surface area (Å²) in [5.41, 5.74) is -0.241. The standard InChI is InChI=1S/C19H24ClN5O3/c1-2-8-27-16-9-15(28-23-16)12-25-18(26)24(17-21-10-14(20)11-22-17)13-19(25)6-4-3-5-7-19/h9-11H,2-8,12-13H2,1H3. The Hall–Kier alpha value is -2.35. The van der Waals surface area contributed by atoms with Crippen molar-refractivity contribution in [2.45, 2.75) is 57.5 Å². The minimum absolute atomic E-state index is 0.114. The minimum Gasteiger partial charge on any atom is -0.476 e. The van der Waals surface area contributed by atoms with Crippen molar-refractivity contribution in [1.82, 2.24) is 20.0 Å². The Labute approximate surface area is 168 Å². The van der Waals surface area contributed by atoms with Crippen LogP contribution in [0, 0.1) is 0 Å². The Kier molecular flexibility index (Phi) is 5.39. The van der Waals surface area contributed by atoms with Crippen LogP contribution in [0.5, 0.6) is 5.88 Å². The van der Waals surface area contributed by atoms with Gasteiger partial charge in [-0.3, -0.25) is 4.90 Å². The third kappa shape index (κ3) is 3.65. The molecule has 2 amide bonds. The second-order valence-corrected chi connectivity index (χ2v) is 7.86. The van der Waals surface area contributed by atoms with E-state index in [0.717, 1.165) is 32.1 Å². The van der Waals surface area contributed by atoms with Gasteiger partial charge >= 0.3 is 6.03 Å². The van der Waals surface area contributed by atoms with E-state index in [9.17, 15) is 4.79 Å². The van der Waals surface area contributed by atoms with Crippen molar-refractivity contribution in [2.75, 3.05) is 18.1 Å². The summed E-state index contributed by atoms with van der Waals surface area (Å²) in [6.07, 6.45) is 9.22. The molecular formula is C19H24ClN5O3.